The van der Waals surface area contributed by atoms with Gasteiger partial charge in [-0.25, -0.2) is 0 Å². The predicted octanol–water partition coefficient (Wildman–Crippen LogP) is 3.77. The summed E-state index contributed by atoms with van der Waals surface area (Å²) in [5.74, 6) is 0.0331. The number of methoxy groups -OCH3 is 1. The Kier molecular flexibility index (Phi) is 6.16. The van der Waals surface area contributed by atoms with Crippen LogP contribution < -0.4 is 15.0 Å². The Labute approximate surface area is 152 Å². The molecule has 2 aromatic carbocycles. The third-order valence-electron chi connectivity index (χ3n) is 3.98. The van der Waals surface area contributed by atoms with Gasteiger partial charge in [0.15, 0.2) is 0 Å². The van der Waals surface area contributed by atoms with E-state index in [4.69, 9.17) is 4.74 Å². The number of amides is 1. The van der Waals surface area contributed by atoms with Gasteiger partial charge in [0.05, 0.1) is 24.6 Å². The lowest BCUT2D eigenvalue weighted by molar-refractivity contribution is -0.384. The maximum Gasteiger partial charge on any atom is 0.296 e. The standard InChI is InChI=1S/C19H23N3O4/c1-13(2)21(15-7-5-14(3)6-8-15)12-19(23)20-17-10-9-16(26-4)11-18(17)22(24)25/h5-11,13H,12H2,1-4H3,(H,20,23). The number of nitrogens with zero attached hydrogens (tertiary/aromatic N) is 2. The number of anilines is 2. The van der Waals surface area contributed by atoms with Crippen molar-refractivity contribution in [1.82, 2.24) is 0 Å². The maximum atomic E-state index is 12.5. The predicted molar refractivity (Wildman–Crippen MR) is 102 cm³/mol. The fourth-order valence-electron chi connectivity index (χ4n) is 2.55. The molecule has 0 aliphatic carbocycles. The molecule has 0 saturated heterocycles. The molecule has 0 aromatic heterocycles. The van der Waals surface area contributed by atoms with Gasteiger partial charge in [-0.3, -0.25) is 14.9 Å². The summed E-state index contributed by atoms with van der Waals surface area (Å²) in [6.45, 7) is 6.06. The second-order valence-corrected chi connectivity index (χ2v) is 6.25. The van der Waals surface area contributed by atoms with Crippen LogP contribution in [0.1, 0.15) is 19.4 Å². The van der Waals surface area contributed by atoms with Gasteiger partial charge in [0.2, 0.25) is 5.91 Å². The highest BCUT2D eigenvalue weighted by molar-refractivity contribution is 5.96. The average Bonchev–Trinajstić information content (AvgIpc) is 2.60. The summed E-state index contributed by atoms with van der Waals surface area (Å²) in [5, 5.41) is 13.9. The van der Waals surface area contributed by atoms with Gasteiger partial charge in [-0.2, -0.15) is 0 Å². The Morgan fingerprint density at radius 2 is 1.88 bits per heavy atom. The lowest BCUT2D eigenvalue weighted by atomic mass is 10.2. The Bertz CT molecular complexity index is 788. The number of hydrogen-bond acceptors (Lipinski definition) is 5. The molecule has 1 N–H and O–H groups in total. The van der Waals surface area contributed by atoms with E-state index < -0.39 is 4.92 Å². The topological polar surface area (TPSA) is 84.7 Å². The summed E-state index contributed by atoms with van der Waals surface area (Å²) in [6, 6.07) is 12.3. The normalized spacial score (nSPS) is 10.5. The number of hydrogen-bond donors (Lipinski definition) is 1. The zero-order valence-electron chi connectivity index (χ0n) is 15.4. The number of ether oxygens (including phenoxy) is 1. The summed E-state index contributed by atoms with van der Waals surface area (Å²) in [7, 11) is 1.43. The number of aryl methyl sites for hydroxylation is 1. The van der Waals surface area contributed by atoms with Crippen LogP contribution in [0.25, 0.3) is 0 Å². The quantitative estimate of drug-likeness (QED) is 0.602. The molecule has 1 amide bonds. The van der Waals surface area contributed by atoms with Gasteiger partial charge in [0.25, 0.3) is 5.69 Å². The third-order valence-corrected chi connectivity index (χ3v) is 3.98. The molecule has 0 aliphatic heterocycles. The van der Waals surface area contributed by atoms with Gasteiger partial charge < -0.3 is 15.0 Å². The summed E-state index contributed by atoms with van der Waals surface area (Å²) in [6.07, 6.45) is 0. The second-order valence-electron chi connectivity index (χ2n) is 6.25. The molecular weight excluding hydrogens is 334 g/mol. The molecule has 0 spiro atoms. The molecule has 0 aliphatic rings. The second kappa shape index (κ2) is 8.33. The molecule has 0 saturated carbocycles. The largest absolute Gasteiger partial charge is 0.496 e. The van der Waals surface area contributed by atoms with Crippen molar-refractivity contribution in [3.8, 4) is 5.75 Å². The molecule has 2 aromatic rings. The van der Waals surface area contributed by atoms with E-state index in [1.165, 1.54) is 19.2 Å². The summed E-state index contributed by atoms with van der Waals surface area (Å²) in [4.78, 5) is 25.1. The average molecular weight is 357 g/mol. The Morgan fingerprint density at radius 3 is 2.42 bits per heavy atom. The Morgan fingerprint density at radius 1 is 1.23 bits per heavy atom. The number of carbonyl (C=O) groups excluding carboxylic acids is 1. The molecule has 0 bridgehead atoms. The van der Waals surface area contributed by atoms with Gasteiger partial charge in [-0.15, -0.1) is 0 Å². The number of nitro benzene ring substituents is 1. The van der Waals surface area contributed by atoms with Gasteiger partial charge in [0.1, 0.15) is 11.4 Å². The fourth-order valence-corrected chi connectivity index (χ4v) is 2.55. The molecule has 0 fully saturated rings. The van der Waals surface area contributed by atoms with E-state index in [9.17, 15) is 14.9 Å². The molecule has 0 atom stereocenters. The van der Waals surface area contributed by atoms with Crippen molar-refractivity contribution in [3.63, 3.8) is 0 Å². The number of benzene rings is 2. The van der Waals surface area contributed by atoms with Crippen molar-refractivity contribution in [3.05, 3.63) is 58.1 Å². The molecule has 138 valence electrons. The first kappa shape index (κ1) is 19.2. The smallest absolute Gasteiger partial charge is 0.296 e. The van der Waals surface area contributed by atoms with Crippen molar-refractivity contribution in [2.75, 3.05) is 23.9 Å². The Balaban J connectivity index is 2.18. The van der Waals surface area contributed by atoms with E-state index in [0.29, 0.717) is 5.75 Å². The minimum Gasteiger partial charge on any atom is -0.496 e. The van der Waals surface area contributed by atoms with E-state index in [2.05, 4.69) is 5.32 Å². The van der Waals surface area contributed by atoms with Gasteiger partial charge in [0, 0.05) is 11.7 Å². The molecular formula is C19H23N3O4. The van der Waals surface area contributed by atoms with E-state index in [1.54, 1.807) is 6.07 Å². The van der Waals surface area contributed by atoms with Crippen LogP contribution in [0.4, 0.5) is 17.1 Å². The molecule has 26 heavy (non-hydrogen) atoms. The highest BCUT2D eigenvalue weighted by Gasteiger charge is 2.20. The maximum absolute atomic E-state index is 12.5. The van der Waals surface area contributed by atoms with Crippen molar-refractivity contribution < 1.29 is 14.5 Å². The molecule has 0 radical (unpaired) electrons. The molecule has 7 heteroatoms. The first-order valence-corrected chi connectivity index (χ1v) is 8.27. The minimum absolute atomic E-state index is 0.0872. The van der Waals surface area contributed by atoms with Crippen molar-refractivity contribution in [1.29, 1.82) is 0 Å². The highest BCUT2D eigenvalue weighted by atomic mass is 16.6. The monoisotopic (exact) mass is 357 g/mol. The van der Waals surface area contributed by atoms with Crippen molar-refractivity contribution >= 4 is 23.0 Å². The van der Waals surface area contributed by atoms with E-state index in [-0.39, 0.29) is 29.9 Å². The van der Waals surface area contributed by atoms with Crippen LogP contribution >= 0.6 is 0 Å². The zero-order chi connectivity index (χ0) is 19.3. The summed E-state index contributed by atoms with van der Waals surface area (Å²) < 4.78 is 5.00. The third kappa shape index (κ3) is 4.72. The lowest BCUT2D eigenvalue weighted by Gasteiger charge is -2.28. The van der Waals surface area contributed by atoms with Crippen LogP contribution in [0, 0.1) is 17.0 Å². The van der Waals surface area contributed by atoms with E-state index in [1.807, 2.05) is 49.9 Å². The summed E-state index contributed by atoms with van der Waals surface area (Å²) >= 11 is 0. The highest BCUT2D eigenvalue weighted by Crippen LogP contribution is 2.29. The summed E-state index contributed by atoms with van der Waals surface area (Å²) in [5.41, 5.74) is 2.00. The van der Waals surface area contributed by atoms with Crippen LogP contribution in [-0.2, 0) is 4.79 Å². The molecule has 0 heterocycles. The minimum atomic E-state index is -0.543. The first-order chi connectivity index (χ1) is 12.3. The van der Waals surface area contributed by atoms with Gasteiger partial charge >= 0.3 is 0 Å². The van der Waals surface area contributed by atoms with Crippen LogP contribution in [0.15, 0.2) is 42.5 Å². The molecule has 7 nitrogen and oxygen atoms in total. The van der Waals surface area contributed by atoms with Crippen LogP contribution in [0.5, 0.6) is 5.75 Å². The van der Waals surface area contributed by atoms with Crippen molar-refractivity contribution in [2.24, 2.45) is 0 Å². The number of carbonyl (C=O) groups is 1. The molecule has 2 rings (SSSR count). The fraction of sp³-hybridized carbons (Fsp3) is 0.316. The lowest BCUT2D eigenvalue weighted by Crippen LogP contribution is -2.38. The number of nitrogens with one attached hydrogen (secondary N) is 1. The van der Waals surface area contributed by atoms with Gasteiger partial charge in [-0.1, -0.05) is 17.7 Å². The number of rotatable bonds is 7. The van der Waals surface area contributed by atoms with Crippen LogP contribution in [0.2, 0.25) is 0 Å². The van der Waals surface area contributed by atoms with Crippen LogP contribution in [-0.4, -0.2) is 30.5 Å². The number of nitro groups is 1. The van der Waals surface area contributed by atoms with Gasteiger partial charge in [-0.05, 0) is 45.0 Å². The zero-order valence-corrected chi connectivity index (χ0v) is 15.4. The van der Waals surface area contributed by atoms with Crippen LogP contribution in [0.3, 0.4) is 0 Å². The Hall–Kier alpha value is -3.09. The van der Waals surface area contributed by atoms with E-state index >= 15 is 0 Å². The SMILES string of the molecule is COc1ccc(NC(=O)CN(c2ccc(C)cc2)C(C)C)c([N+](=O)[O-])c1. The molecule has 0 unspecified atom stereocenters. The first-order valence-electron chi connectivity index (χ1n) is 8.27. The van der Waals surface area contributed by atoms with Crippen molar-refractivity contribution in [2.45, 2.75) is 26.8 Å². The van der Waals surface area contributed by atoms with E-state index in [0.717, 1.165) is 11.3 Å².